The zero-order chi connectivity index (χ0) is 14.4. The van der Waals surface area contributed by atoms with E-state index in [4.69, 9.17) is 0 Å². The van der Waals surface area contributed by atoms with E-state index >= 15 is 0 Å². The minimum absolute atomic E-state index is 0.384. The Morgan fingerprint density at radius 3 is 2.68 bits per heavy atom. The van der Waals surface area contributed by atoms with Gasteiger partial charge in [0.05, 0.1) is 17.6 Å². The van der Waals surface area contributed by atoms with Crippen LogP contribution in [0, 0.1) is 0 Å². The van der Waals surface area contributed by atoms with Crippen molar-refractivity contribution in [1.82, 2.24) is 4.90 Å². The number of hydrogen-bond acceptors (Lipinski definition) is 2. The average Bonchev–Trinajstić information content (AvgIpc) is 2.36. The van der Waals surface area contributed by atoms with Gasteiger partial charge in [0.15, 0.2) is 0 Å². The van der Waals surface area contributed by atoms with Gasteiger partial charge in [0.1, 0.15) is 5.75 Å². The number of phenols is 1. The fraction of sp³-hybridized carbons (Fsp3) is 0.357. The number of likely N-dealkylation sites (N-methyl/N-ethyl adjacent to an activating group) is 1. The molecule has 0 atom stereocenters. The van der Waals surface area contributed by atoms with Gasteiger partial charge in [-0.05, 0) is 24.1 Å². The van der Waals surface area contributed by atoms with E-state index in [2.05, 4.69) is 11.6 Å². The second kappa shape index (κ2) is 6.87. The molecule has 0 saturated carbocycles. The van der Waals surface area contributed by atoms with Crippen LogP contribution in [0.3, 0.4) is 0 Å². The molecule has 104 valence electrons. The third-order valence-electron chi connectivity index (χ3n) is 2.65. The highest BCUT2D eigenvalue weighted by Gasteiger charge is 2.15. The van der Waals surface area contributed by atoms with Gasteiger partial charge in [0, 0.05) is 13.6 Å². The normalized spacial score (nSPS) is 11.2. The van der Waals surface area contributed by atoms with Crippen molar-refractivity contribution < 1.29 is 13.9 Å². The van der Waals surface area contributed by atoms with Crippen molar-refractivity contribution in [2.45, 2.75) is 19.8 Å². The van der Waals surface area contributed by atoms with Gasteiger partial charge in [0.25, 0.3) is 6.43 Å². The molecule has 5 heteroatoms. The first kappa shape index (κ1) is 15.1. The van der Waals surface area contributed by atoms with Crippen LogP contribution in [0.2, 0.25) is 0 Å². The van der Waals surface area contributed by atoms with Crippen molar-refractivity contribution in [3.05, 3.63) is 35.9 Å². The molecule has 0 aliphatic rings. The molecular formula is C14H18F2N2O. The number of hydrogen-bond donors (Lipinski definition) is 1. The number of phenolic OH excluding ortho intramolecular Hbond substituents is 1. The number of aromatic hydroxyl groups is 1. The summed E-state index contributed by atoms with van der Waals surface area (Å²) in [6.07, 6.45) is 1.16. The van der Waals surface area contributed by atoms with Crippen molar-refractivity contribution in [1.29, 1.82) is 0 Å². The van der Waals surface area contributed by atoms with Gasteiger partial charge in [0.2, 0.25) is 0 Å². The van der Waals surface area contributed by atoms with Crippen LogP contribution in [-0.2, 0) is 6.42 Å². The van der Waals surface area contributed by atoms with Crippen LogP contribution in [0.25, 0.3) is 0 Å². The molecule has 1 N–H and O–H groups in total. The van der Waals surface area contributed by atoms with Crippen molar-refractivity contribution in [3.63, 3.8) is 0 Å². The molecule has 1 aromatic rings. The highest BCUT2D eigenvalue weighted by molar-refractivity contribution is 5.65. The van der Waals surface area contributed by atoms with Crippen molar-refractivity contribution in [2.24, 2.45) is 4.99 Å². The van der Waals surface area contributed by atoms with Crippen LogP contribution in [0.15, 0.2) is 29.8 Å². The van der Waals surface area contributed by atoms with E-state index in [1.165, 1.54) is 12.1 Å². The van der Waals surface area contributed by atoms with Gasteiger partial charge in [-0.1, -0.05) is 13.0 Å². The molecule has 0 heterocycles. The molecule has 0 aliphatic carbocycles. The zero-order valence-corrected chi connectivity index (χ0v) is 11.1. The largest absolute Gasteiger partial charge is 0.507 e. The van der Waals surface area contributed by atoms with E-state index < -0.39 is 12.0 Å². The molecule has 0 aliphatic heterocycles. The van der Waals surface area contributed by atoms with E-state index in [0.717, 1.165) is 5.56 Å². The number of rotatable bonds is 6. The molecule has 0 fully saturated rings. The van der Waals surface area contributed by atoms with Gasteiger partial charge < -0.3 is 10.0 Å². The van der Waals surface area contributed by atoms with E-state index in [-0.39, 0.29) is 5.75 Å². The second-order valence-corrected chi connectivity index (χ2v) is 4.17. The molecule has 0 amide bonds. The molecule has 1 aromatic carbocycles. The summed E-state index contributed by atoms with van der Waals surface area (Å²) in [4.78, 5) is 5.97. The van der Waals surface area contributed by atoms with Gasteiger partial charge in [-0.15, -0.1) is 6.58 Å². The molecular weight excluding hydrogens is 250 g/mol. The predicted molar refractivity (Wildman–Crippen MR) is 73.4 cm³/mol. The summed E-state index contributed by atoms with van der Waals surface area (Å²) in [5.74, 6) is -0.384. The van der Waals surface area contributed by atoms with Crippen molar-refractivity contribution >= 4 is 12.0 Å². The maximum absolute atomic E-state index is 12.7. The van der Waals surface area contributed by atoms with Gasteiger partial charge in [-0.25, -0.2) is 13.8 Å². The summed E-state index contributed by atoms with van der Waals surface area (Å²) in [5, 5.41) is 9.52. The number of nitrogens with zero attached hydrogens (tertiary/aromatic N) is 2. The number of alkyl halides is 2. The SMILES string of the molecule is C=CCN(C)C=Nc1cc(C(F)F)c(O)cc1CC. The minimum Gasteiger partial charge on any atom is -0.507 e. The van der Waals surface area contributed by atoms with Gasteiger partial charge in [-0.2, -0.15) is 0 Å². The highest BCUT2D eigenvalue weighted by atomic mass is 19.3. The summed E-state index contributed by atoms with van der Waals surface area (Å²) in [6, 6.07) is 2.58. The fourth-order valence-corrected chi connectivity index (χ4v) is 1.63. The summed E-state index contributed by atoms with van der Waals surface area (Å²) >= 11 is 0. The summed E-state index contributed by atoms with van der Waals surface area (Å²) in [7, 11) is 1.81. The quantitative estimate of drug-likeness (QED) is 0.485. The Hall–Kier alpha value is -1.91. The first-order chi connectivity index (χ1) is 8.99. The van der Waals surface area contributed by atoms with Crippen LogP contribution in [0.5, 0.6) is 5.75 Å². The lowest BCUT2D eigenvalue weighted by Gasteiger charge is -2.12. The molecule has 19 heavy (non-hydrogen) atoms. The first-order valence-electron chi connectivity index (χ1n) is 5.98. The lowest BCUT2D eigenvalue weighted by molar-refractivity contribution is 0.147. The number of aliphatic imine (C=N–C) groups is 1. The Balaban J connectivity index is 3.10. The zero-order valence-electron chi connectivity index (χ0n) is 11.1. The van der Waals surface area contributed by atoms with Crippen LogP contribution < -0.4 is 0 Å². The third-order valence-corrected chi connectivity index (χ3v) is 2.65. The second-order valence-electron chi connectivity index (χ2n) is 4.17. The lowest BCUT2D eigenvalue weighted by atomic mass is 10.1. The molecule has 0 radical (unpaired) electrons. The molecule has 3 nitrogen and oxygen atoms in total. The molecule has 0 saturated heterocycles. The van der Waals surface area contributed by atoms with E-state index in [1.54, 1.807) is 17.3 Å². The first-order valence-corrected chi connectivity index (χ1v) is 5.98. The van der Waals surface area contributed by atoms with Crippen LogP contribution >= 0.6 is 0 Å². The maximum atomic E-state index is 12.7. The van der Waals surface area contributed by atoms with E-state index in [1.807, 2.05) is 14.0 Å². The van der Waals surface area contributed by atoms with Gasteiger partial charge >= 0.3 is 0 Å². The van der Waals surface area contributed by atoms with Crippen molar-refractivity contribution in [2.75, 3.05) is 13.6 Å². The Kier molecular flexibility index (Phi) is 5.48. The van der Waals surface area contributed by atoms with E-state index in [0.29, 0.717) is 18.7 Å². The molecule has 0 unspecified atom stereocenters. The molecule has 0 spiro atoms. The Bertz CT molecular complexity index is 473. The predicted octanol–water partition coefficient (Wildman–Crippen LogP) is 3.67. The monoisotopic (exact) mass is 268 g/mol. The summed E-state index contributed by atoms with van der Waals surface area (Å²) < 4.78 is 25.5. The number of halogens is 2. The van der Waals surface area contributed by atoms with E-state index in [9.17, 15) is 13.9 Å². The van der Waals surface area contributed by atoms with Crippen LogP contribution in [-0.4, -0.2) is 29.9 Å². The average molecular weight is 268 g/mol. The third kappa shape index (κ3) is 4.05. The Morgan fingerprint density at radius 2 is 2.16 bits per heavy atom. The van der Waals surface area contributed by atoms with Crippen molar-refractivity contribution in [3.8, 4) is 5.75 Å². The van der Waals surface area contributed by atoms with Crippen LogP contribution in [0.1, 0.15) is 24.5 Å². The fourth-order valence-electron chi connectivity index (χ4n) is 1.63. The van der Waals surface area contributed by atoms with Crippen LogP contribution in [0.4, 0.5) is 14.5 Å². The Labute approximate surface area is 111 Å². The lowest BCUT2D eigenvalue weighted by Crippen LogP contribution is -2.15. The highest BCUT2D eigenvalue weighted by Crippen LogP contribution is 2.34. The topological polar surface area (TPSA) is 35.8 Å². The molecule has 1 rings (SSSR count). The van der Waals surface area contributed by atoms with Gasteiger partial charge in [-0.3, -0.25) is 0 Å². The summed E-state index contributed by atoms with van der Waals surface area (Å²) in [6.45, 7) is 6.10. The smallest absolute Gasteiger partial charge is 0.267 e. The summed E-state index contributed by atoms with van der Waals surface area (Å²) in [5.41, 5.74) is 0.785. The molecule has 0 aromatic heterocycles. The minimum atomic E-state index is -2.72. The Morgan fingerprint density at radius 1 is 1.47 bits per heavy atom. The molecule has 0 bridgehead atoms. The number of aryl methyl sites for hydroxylation is 1. The number of benzene rings is 1. The maximum Gasteiger partial charge on any atom is 0.267 e. The standard InChI is InChI=1S/C14H18F2N2O/c1-4-6-18(3)9-17-12-8-11(14(15)16)13(19)7-10(12)5-2/h4,7-9,14,19H,1,5-6H2,2-3H3.